The summed E-state index contributed by atoms with van der Waals surface area (Å²) in [6, 6.07) is 9.57. The molecule has 1 N–H and O–H groups in total. The highest BCUT2D eigenvalue weighted by atomic mass is 16.6. The van der Waals surface area contributed by atoms with Crippen LogP contribution in [-0.4, -0.2) is 38.9 Å². The number of benzene rings is 1. The average Bonchev–Trinajstić information content (AvgIpc) is 2.74. The number of pyridine rings is 1. The normalized spacial score (nSPS) is 24.1. The van der Waals surface area contributed by atoms with Gasteiger partial charge in [0.25, 0.3) is 0 Å². The Balaban J connectivity index is 1.48. The maximum atomic E-state index is 10.5. The summed E-state index contributed by atoms with van der Waals surface area (Å²) in [5, 5.41) is 11.1. The molecule has 6 heteroatoms. The number of hydrogen-bond acceptors (Lipinski definition) is 6. The molecule has 27 heavy (non-hydrogen) atoms. The van der Waals surface area contributed by atoms with Gasteiger partial charge in [-0.05, 0) is 35.4 Å². The first-order chi connectivity index (χ1) is 13.3. The fraction of sp³-hybridized carbons (Fsp3) is 0.190. The van der Waals surface area contributed by atoms with Crippen molar-refractivity contribution in [3.8, 4) is 17.0 Å². The van der Waals surface area contributed by atoms with Gasteiger partial charge in [-0.15, -0.1) is 0 Å². The highest BCUT2D eigenvalue weighted by molar-refractivity contribution is 5.88. The Morgan fingerprint density at radius 1 is 0.926 bits per heavy atom. The minimum Gasteiger partial charge on any atom is -0.493 e. The number of hydrogen-bond donors (Lipinski definition) is 1. The first-order valence-electron chi connectivity index (χ1n) is 8.81. The molecule has 1 saturated heterocycles. The fourth-order valence-electron chi connectivity index (χ4n) is 3.40. The second-order valence-corrected chi connectivity index (χ2v) is 6.53. The molecule has 0 saturated carbocycles. The van der Waals surface area contributed by atoms with Gasteiger partial charge < -0.3 is 14.6 Å². The predicted molar refractivity (Wildman–Crippen MR) is 100 cm³/mol. The van der Waals surface area contributed by atoms with Crippen LogP contribution in [0.25, 0.3) is 22.0 Å². The lowest BCUT2D eigenvalue weighted by Crippen LogP contribution is -2.39. The maximum Gasteiger partial charge on any atom is 0.222 e. The molecule has 3 aromatic rings. The second-order valence-electron chi connectivity index (χ2n) is 6.53. The molecule has 5 rings (SSSR count). The zero-order chi connectivity index (χ0) is 18.2. The third-order valence-electron chi connectivity index (χ3n) is 4.79. The Morgan fingerprint density at radius 3 is 2.59 bits per heavy atom. The molecule has 0 bridgehead atoms. The number of aromatic hydroxyl groups is 1. The molecule has 0 spiro atoms. The Kier molecular flexibility index (Phi) is 3.92. The highest BCUT2D eigenvalue weighted by Crippen LogP contribution is 2.32. The van der Waals surface area contributed by atoms with Crippen molar-refractivity contribution in [2.75, 3.05) is 6.61 Å². The van der Waals surface area contributed by atoms with Crippen molar-refractivity contribution in [3.63, 3.8) is 0 Å². The summed E-state index contributed by atoms with van der Waals surface area (Å²) in [6.07, 6.45) is 10.6. The first kappa shape index (κ1) is 16.1. The molecule has 1 aliphatic carbocycles. The number of allylic oxidation sites excluding steroid dienone is 2. The van der Waals surface area contributed by atoms with Gasteiger partial charge in [0.1, 0.15) is 18.3 Å². The van der Waals surface area contributed by atoms with Crippen LogP contribution in [0.5, 0.6) is 5.88 Å². The van der Waals surface area contributed by atoms with E-state index in [0.717, 1.165) is 11.1 Å². The smallest absolute Gasteiger partial charge is 0.222 e. The average molecular weight is 359 g/mol. The van der Waals surface area contributed by atoms with Crippen LogP contribution in [0.3, 0.4) is 0 Å². The van der Waals surface area contributed by atoms with Gasteiger partial charge in [0, 0.05) is 12.4 Å². The van der Waals surface area contributed by atoms with Crippen molar-refractivity contribution in [3.05, 3.63) is 72.9 Å². The molecule has 1 aliphatic heterocycles. The van der Waals surface area contributed by atoms with Gasteiger partial charge in [0.05, 0.1) is 17.5 Å². The molecule has 3 atom stereocenters. The fourth-order valence-corrected chi connectivity index (χ4v) is 3.40. The second kappa shape index (κ2) is 6.57. The van der Waals surface area contributed by atoms with Crippen LogP contribution in [-0.2, 0) is 9.47 Å². The molecular formula is C21H17N3O3. The summed E-state index contributed by atoms with van der Waals surface area (Å²) in [5.41, 5.74) is 2.65. The van der Waals surface area contributed by atoms with Gasteiger partial charge in [0.2, 0.25) is 5.88 Å². The van der Waals surface area contributed by atoms with Crippen LogP contribution in [0.2, 0.25) is 0 Å². The monoisotopic (exact) mass is 359 g/mol. The van der Waals surface area contributed by atoms with Gasteiger partial charge in [-0.25, -0.2) is 4.98 Å². The third kappa shape index (κ3) is 2.99. The number of ether oxygens (including phenoxy) is 2. The number of fused-ring (bicyclic) bond motifs is 2. The van der Waals surface area contributed by atoms with Crippen molar-refractivity contribution < 1.29 is 14.6 Å². The summed E-state index contributed by atoms with van der Waals surface area (Å²) in [7, 11) is 0. The van der Waals surface area contributed by atoms with Gasteiger partial charge in [-0.1, -0.05) is 30.4 Å². The molecular weight excluding hydrogens is 342 g/mol. The number of rotatable bonds is 2. The molecule has 3 heterocycles. The topological polar surface area (TPSA) is 77.4 Å². The van der Waals surface area contributed by atoms with E-state index in [9.17, 15) is 5.11 Å². The van der Waals surface area contributed by atoms with Crippen molar-refractivity contribution in [1.29, 1.82) is 0 Å². The quantitative estimate of drug-likeness (QED) is 0.756. The Hall–Kier alpha value is -3.09. The lowest BCUT2D eigenvalue weighted by atomic mass is 10.0. The molecule has 2 aliphatic rings. The summed E-state index contributed by atoms with van der Waals surface area (Å²) >= 11 is 0. The molecule has 134 valence electrons. The number of aromatic nitrogens is 3. The zero-order valence-electron chi connectivity index (χ0n) is 14.4. The van der Waals surface area contributed by atoms with Gasteiger partial charge in [-0.2, -0.15) is 4.98 Å². The van der Waals surface area contributed by atoms with E-state index in [-0.39, 0.29) is 18.1 Å². The zero-order valence-corrected chi connectivity index (χ0v) is 14.4. The minimum absolute atomic E-state index is 0.0595. The standard InChI is InChI=1S/C21H17N3O3/c25-21-15-11-14(13-7-9-22-10-8-13)5-6-16(15)23-20(24-21)19-12-26-17-3-1-2-4-18(17)27-19/h1-11,17-19H,12H2,(H,23,24,25). The molecule has 0 radical (unpaired) electrons. The lowest BCUT2D eigenvalue weighted by molar-refractivity contribution is -0.153. The van der Waals surface area contributed by atoms with Crippen LogP contribution in [0, 0.1) is 0 Å². The Labute approximate surface area is 155 Å². The molecule has 0 amide bonds. The summed E-state index contributed by atoms with van der Waals surface area (Å²) in [6.45, 7) is 0.347. The molecule has 1 fully saturated rings. The number of nitrogens with zero attached hydrogens (tertiary/aromatic N) is 3. The van der Waals surface area contributed by atoms with E-state index < -0.39 is 6.10 Å². The van der Waals surface area contributed by atoms with E-state index in [4.69, 9.17) is 9.47 Å². The highest BCUT2D eigenvalue weighted by Gasteiger charge is 2.32. The van der Waals surface area contributed by atoms with Crippen LogP contribution in [0.15, 0.2) is 67.0 Å². The molecule has 1 aromatic carbocycles. The maximum absolute atomic E-state index is 10.5. The Morgan fingerprint density at radius 2 is 1.74 bits per heavy atom. The van der Waals surface area contributed by atoms with E-state index in [2.05, 4.69) is 15.0 Å². The van der Waals surface area contributed by atoms with Crippen molar-refractivity contribution in [2.45, 2.75) is 18.3 Å². The van der Waals surface area contributed by atoms with Crippen LogP contribution in [0.4, 0.5) is 0 Å². The van der Waals surface area contributed by atoms with Crippen molar-refractivity contribution in [2.24, 2.45) is 0 Å². The lowest BCUT2D eigenvalue weighted by Gasteiger charge is -2.34. The van der Waals surface area contributed by atoms with Gasteiger partial charge in [-0.3, -0.25) is 4.98 Å². The van der Waals surface area contributed by atoms with Gasteiger partial charge >= 0.3 is 0 Å². The summed E-state index contributed by atoms with van der Waals surface area (Å²) in [4.78, 5) is 12.9. The van der Waals surface area contributed by atoms with Crippen LogP contribution < -0.4 is 0 Å². The van der Waals surface area contributed by atoms with E-state index in [1.54, 1.807) is 12.4 Å². The van der Waals surface area contributed by atoms with Crippen LogP contribution in [0.1, 0.15) is 11.9 Å². The van der Waals surface area contributed by atoms with Crippen molar-refractivity contribution in [1.82, 2.24) is 15.0 Å². The van der Waals surface area contributed by atoms with E-state index in [1.165, 1.54) is 0 Å². The minimum atomic E-state index is -0.419. The molecule has 3 unspecified atom stereocenters. The largest absolute Gasteiger partial charge is 0.493 e. The Bertz CT molecular complexity index is 1050. The SMILES string of the molecule is Oc1nc(C2COC3C=CC=CC3O2)nc2ccc(-c3ccncc3)cc12. The summed E-state index contributed by atoms with van der Waals surface area (Å²) < 4.78 is 11.9. The molecule has 2 aromatic heterocycles. The van der Waals surface area contributed by atoms with E-state index in [1.807, 2.05) is 54.6 Å². The third-order valence-corrected chi connectivity index (χ3v) is 4.79. The summed E-state index contributed by atoms with van der Waals surface area (Å²) in [5.74, 6) is 0.369. The van der Waals surface area contributed by atoms with Gasteiger partial charge in [0.15, 0.2) is 5.82 Å². The molecule has 6 nitrogen and oxygen atoms in total. The first-order valence-corrected chi connectivity index (χ1v) is 8.81. The van der Waals surface area contributed by atoms with Crippen molar-refractivity contribution >= 4 is 10.9 Å². The van der Waals surface area contributed by atoms with E-state index in [0.29, 0.717) is 23.3 Å². The van der Waals surface area contributed by atoms with E-state index >= 15 is 0 Å². The predicted octanol–water partition coefficient (Wildman–Crippen LogP) is 3.35. The van der Waals surface area contributed by atoms with Crippen LogP contribution >= 0.6 is 0 Å².